The first-order valence-electron chi connectivity index (χ1n) is 9.52. The third-order valence-electron chi connectivity index (χ3n) is 5.18. The van der Waals surface area contributed by atoms with E-state index >= 15 is 0 Å². The molecule has 3 rings (SSSR count). The van der Waals surface area contributed by atoms with E-state index in [0.717, 1.165) is 51.6 Å². The predicted octanol–water partition coefficient (Wildman–Crippen LogP) is 2.31. The molecule has 26 heavy (non-hydrogen) atoms. The van der Waals surface area contributed by atoms with E-state index in [4.69, 9.17) is 4.74 Å². The Labute approximate surface area is 156 Å². The largest absolute Gasteiger partial charge is 0.376 e. The smallest absolute Gasteiger partial charge is 0.243 e. The lowest BCUT2D eigenvalue weighted by Gasteiger charge is -2.33. The van der Waals surface area contributed by atoms with Crippen LogP contribution in [0.25, 0.3) is 0 Å². The Morgan fingerprint density at radius 3 is 2.46 bits per heavy atom. The highest BCUT2D eigenvalue weighted by Gasteiger charge is 2.34. The van der Waals surface area contributed by atoms with E-state index < -0.39 is 10.0 Å². The number of rotatable bonds is 7. The van der Waals surface area contributed by atoms with Gasteiger partial charge in [0.25, 0.3) is 0 Å². The van der Waals surface area contributed by atoms with Gasteiger partial charge in [0.15, 0.2) is 0 Å². The molecule has 1 amide bonds. The second-order valence-electron chi connectivity index (χ2n) is 7.09. The van der Waals surface area contributed by atoms with E-state index in [1.165, 1.54) is 4.31 Å². The maximum atomic E-state index is 13.1. The van der Waals surface area contributed by atoms with Gasteiger partial charge in [0.1, 0.15) is 0 Å². The van der Waals surface area contributed by atoms with Crippen molar-refractivity contribution in [1.29, 1.82) is 0 Å². The number of nitrogens with zero attached hydrogens (tertiary/aromatic N) is 1. The zero-order valence-corrected chi connectivity index (χ0v) is 15.9. The molecule has 1 saturated heterocycles. The fourth-order valence-electron chi connectivity index (χ4n) is 3.74. The van der Waals surface area contributed by atoms with E-state index in [1.807, 2.05) is 0 Å². The summed E-state index contributed by atoms with van der Waals surface area (Å²) >= 11 is 0. The number of nitrogens with one attached hydrogen (secondary N) is 1. The summed E-state index contributed by atoms with van der Waals surface area (Å²) in [6.45, 7) is 1.05. The fraction of sp³-hybridized carbons (Fsp3) is 0.632. The number of ether oxygens (including phenoxy) is 1. The highest BCUT2D eigenvalue weighted by Crippen LogP contribution is 2.27. The van der Waals surface area contributed by atoms with Gasteiger partial charge in [0.2, 0.25) is 15.9 Å². The first kappa shape index (κ1) is 19.3. The predicted molar refractivity (Wildman–Crippen MR) is 99.2 cm³/mol. The summed E-state index contributed by atoms with van der Waals surface area (Å²) in [7, 11) is -3.69. The van der Waals surface area contributed by atoms with Crippen LogP contribution in [0.5, 0.6) is 0 Å². The lowest BCUT2D eigenvalue weighted by Crippen LogP contribution is -2.47. The Morgan fingerprint density at radius 1 is 1.08 bits per heavy atom. The molecule has 7 heteroatoms. The second kappa shape index (κ2) is 8.97. The van der Waals surface area contributed by atoms with Crippen molar-refractivity contribution < 1.29 is 17.9 Å². The molecule has 1 N–H and O–H groups in total. The standard InChI is InChI=1S/C19H28N2O4S/c22-19(20-14-17-10-7-13-25-17)15-21(16-8-3-1-4-9-16)26(23,24)18-11-5-2-6-12-18/h2,5-6,11-12,16-17H,1,3-4,7-10,13-15H2,(H,20,22)/t17-/m0/s1. The molecule has 0 unspecified atom stereocenters. The third-order valence-corrected chi connectivity index (χ3v) is 7.09. The minimum atomic E-state index is -3.69. The molecule has 1 saturated carbocycles. The van der Waals surface area contributed by atoms with Crippen molar-refractivity contribution >= 4 is 15.9 Å². The molecule has 1 aromatic rings. The van der Waals surface area contributed by atoms with Crippen LogP contribution in [0.4, 0.5) is 0 Å². The number of hydrogen-bond acceptors (Lipinski definition) is 4. The quantitative estimate of drug-likeness (QED) is 0.788. The van der Waals surface area contributed by atoms with Crippen molar-refractivity contribution in [3.63, 3.8) is 0 Å². The maximum absolute atomic E-state index is 13.1. The first-order valence-corrected chi connectivity index (χ1v) is 11.0. The number of benzene rings is 1. The van der Waals surface area contributed by atoms with E-state index in [1.54, 1.807) is 30.3 Å². The average Bonchev–Trinajstić information content (AvgIpc) is 3.19. The highest BCUT2D eigenvalue weighted by atomic mass is 32.2. The van der Waals surface area contributed by atoms with E-state index in [-0.39, 0.29) is 29.5 Å². The molecule has 1 heterocycles. The van der Waals surface area contributed by atoms with Gasteiger partial charge in [-0.3, -0.25) is 4.79 Å². The van der Waals surface area contributed by atoms with Crippen molar-refractivity contribution in [2.45, 2.75) is 62.0 Å². The summed E-state index contributed by atoms with van der Waals surface area (Å²) < 4.78 is 33.2. The number of amides is 1. The molecule has 1 aromatic carbocycles. The molecule has 1 aliphatic carbocycles. The molecule has 2 aliphatic rings. The van der Waals surface area contributed by atoms with Crippen LogP contribution in [0, 0.1) is 0 Å². The van der Waals surface area contributed by atoms with Gasteiger partial charge in [-0.25, -0.2) is 8.42 Å². The summed E-state index contributed by atoms with van der Waals surface area (Å²) in [5.41, 5.74) is 0. The highest BCUT2D eigenvalue weighted by molar-refractivity contribution is 7.89. The van der Waals surface area contributed by atoms with Crippen molar-refractivity contribution in [2.24, 2.45) is 0 Å². The van der Waals surface area contributed by atoms with Crippen LogP contribution in [0.3, 0.4) is 0 Å². The van der Waals surface area contributed by atoms with E-state index in [0.29, 0.717) is 6.54 Å². The lowest BCUT2D eigenvalue weighted by molar-refractivity contribution is -0.122. The van der Waals surface area contributed by atoms with E-state index in [9.17, 15) is 13.2 Å². The summed E-state index contributed by atoms with van der Waals surface area (Å²) in [6, 6.07) is 8.29. The minimum Gasteiger partial charge on any atom is -0.376 e. The number of hydrogen-bond donors (Lipinski definition) is 1. The Morgan fingerprint density at radius 2 is 1.81 bits per heavy atom. The van der Waals surface area contributed by atoms with Crippen LogP contribution in [0.2, 0.25) is 0 Å². The van der Waals surface area contributed by atoms with Gasteiger partial charge in [0, 0.05) is 19.2 Å². The SMILES string of the molecule is O=C(CN(C1CCCCC1)S(=O)(=O)c1ccccc1)NC[C@@H]1CCCO1. The second-order valence-corrected chi connectivity index (χ2v) is 8.98. The molecule has 6 nitrogen and oxygen atoms in total. The maximum Gasteiger partial charge on any atom is 0.243 e. The van der Waals surface area contributed by atoms with Crippen molar-refractivity contribution in [2.75, 3.05) is 19.7 Å². The van der Waals surface area contributed by atoms with Crippen molar-refractivity contribution in [3.8, 4) is 0 Å². The number of sulfonamides is 1. The molecule has 1 aliphatic heterocycles. The zero-order valence-electron chi connectivity index (χ0n) is 15.1. The number of carbonyl (C=O) groups is 1. The Bertz CT molecular complexity index is 681. The average molecular weight is 381 g/mol. The minimum absolute atomic E-state index is 0.0489. The van der Waals surface area contributed by atoms with Crippen LogP contribution in [0.15, 0.2) is 35.2 Å². The van der Waals surface area contributed by atoms with Gasteiger partial charge in [-0.1, -0.05) is 37.5 Å². The third kappa shape index (κ3) is 4.84. The van der Waals surface area contributed by atoms with Gasteiger partial charge < -0.3 is 10.1 Å². The molecule has 0 aromatic heterocycles. The summed E-state index contributed by atoms with van der Waals surface area (Å²) in [6.07, 6.45) is 6.75. The van der Waals surface area contributed by atoms with Crippen LogP contribution in [-0.4, -0.2) is 50.5 Å². The van der Waals surface area contributed by atoms with Crippen molar-refractivity contribution in [1.82, 2.24) is 9.62 Å². The van der Waals surface area contributed by atoms with Crippen LogP contribution in [0.1, 0.15) is 44.9 Å². The van der Waals surface area contributed by atoms with Crippen molar-refractivity contribution in [3.05, 3.63) is 30.3 Å². The van der Waals surface area contributed by atoms with Gasteiger partial charge in [-0.05, 0) is 37.8 Å². The molecule has 0 spiro atoms. The topological polar surface area (TPSA) is 75.7 Å². The lowest BCUT2D eigenvalue weighted by atomic mass is 9.95. The zero-order chi connectivity index (χ0) is 18.4. The molecule has 2 fully saturated rings. The van der Waals surface area contributed by atoms with Crippen LogP contribution in [-0.2, 0) is 19.6 Å². The van der Waals surface area contributed by atoms with Crippen LogP contribution < -0.4 is 5.32 Å². The first-order chi connectivity index (χ1) is 12.6. The monoisotopic (exact) mass is 380 g/mol. The van der Waals surface area contributed by atoms with E-state index in [2.05, 4.69) is 5.32 Å². The molecular formula is C19H28N2O4S. The van der Waals surface area contributed by atoms with Gasteiger partial charge >= 0.3 is 0 Å². The van der Waals surface area contributed by atoms with Crippen LogP contribution >= 0.6 is 0 Å². The van der Waals surface area contributed by atoms with Gasteiger partial charge in [0.05, 0.1) is 17.5 Å². The summed E-state index contributed by atoms with van der Waals surface area (Å²) in [5, 5.41) is 2.85. The normalized spacial score (nSPS) is 21.8. The number of carbonyl (C=O) groups excluding carboxylic acids is 1. The Balaban J connectivity index is 1.71. The molecule has 144 valence electrons. The summed E-state index contributed by atoms with van der Waals surface area (Å²) in [4.78, 5) is 12.7. The molecule has 0 radical (unpaired) electrons. The Hall–Kier alpha value is -1.44. The molecule has 1 atom stereocenters. The Kier molecular flexibility index (Phi) is 6.67. The van der Waals surface area contributed by atoms with Gasteiger partial charge in [-0.2, -0.15) is 4.31 Å². The molecule has 0 bridgehead atoms. The molecular weight excluding hydrogens is 352 g/mol. The van der Waals surface area contributed by atoms with Gasteiger partial charge in [-0.15, -0.1) is 0 Å². The fourth-order valence-corrected chi connectivity index (χ4v) is 5.40. The summed E-state index contributed by atoms with van der Waals surface area (Å²) in [5.74, 6) is -0.259.